The number of hydrogen-bond acceptors (Lipinski definition) is 3. The smallest absolute Gasteiger partial charge is 0.201 e. The van der Waals surface area contributed by atoms with E-state index in [9.17, 15) is 0 Å². The first-order valence-corrected chi connectivity index (χ1v) is 6.74. The van der Waals surface area contributed by atoms with Gasteiger partial charge in [0.2, 0.25) is 0 Å². The molecular formula is C13H12BrN4+. The van der Waals surface area contributed by atoms with Crippen molar-refractivity contribution in [2.24, 2.45) is 5.10 Å². The van der Waals surface area contributed by atoms with Gasteiger partial charge in [0.25, 0.3) is 5.82 Å². The molecule has 18 heavy (non-hydrogen) atoms. The number of rotatable bonds is 2. The van der Waals surface area contributed by atoms with Gasteiger partial charge in [0, 0.05) is 25.0 Å². The van der Waals surface area contributed by atoms with Crippen LogP contribution in [-0.2, 0) is 0 Å². The predicted octanol–water partition coefficient (Wildman–Crippen LogP) is 3.05. The van der Waals surface area contributed by atoms with Crippen molar-refractivity contribution < 1.29 is 0 Å². The summed E-state index contributed by atoms with van der Waals surface area (Å²) in [5, 5.41) is 13.5. The molecule has 3 rings (SSSR count). The van der Waals surface area contributed by atoms with Crippen molar-refractivity contribution in [3.63, 3.8) is 0 Å². The Bertz CT molecular complexity index is 566. The van der Waals surface area contributed by atoms with Gasteiger partial charge in [0.05, 0.1) is 11.8 Å². The molecule has 0 bridgehead atoms. The fourth-order valence-electron chi connectivity index (χ4n) is 2.36. The predicted molar refractivity (Wildman–Crippen MR) is 73.9 cm³/mol. The summed E-state index contributed by atoms with van der Waals surface area (Å²) in [7, 11) is 0. The fraction of sp³-hybridized carbons (Fsp3) is 0.308. The maximum absolute atomic E-state index is 8.82. The minimum atomic E-state index is 0.437. The highest BCUT2D eigenvalue weighted by Gasteiger charge is 2.45. The van der Waals surface area contributed by atoms with Crippen molar-refractivity contribution in [1.29, 1.82) is 5.26 Å². The Morgan fingerprint density at radius 2 is 2.22 bits per heavy atom. The maximum Gasteiger partial charge on any atom is 0.259 e. The molecule has 5 heteroatoms. The zero-order valence-electron chi connectivity index (χ0n) is 9.75. The summed E-state index contributed by atoms with van der Waals surface area (Å²) in [6, 6.07) is 6.26. The summed E-state index contributed by atoms with van der Waals surface area (Å²) in [4.78, 5) is 4.41. The Labute approximate surface area is 114 Å². The lowest BCUT2D eigenvalue weighted by atomic mass is 9.91. The lowest BCUT2D eigenvalue weighted by Crippen LogP contribution is -2.51. The van der Waals surface area contributed by atoms with E-state index in [0.29, 0.717) is 16.2 Å². The number of aromatic nitrogens is 1. The van der Waals surface area contributed by atoms with Crippen LogP contribution in [0.2, 0.25) is 0 Å². The molecule has 0 aromatic carbocycles. The van der Waals surface area contributed by atoms with Crippen LogP contribution in [0.25, 0.3) is 0 Å². The number of nitrogens with zero attached hydrogens (tertiary/aromatic N) is 4. The highest BCUT2D eigenvalue weighted by molar-refractivity contribution is 9.18. The van der Waals surface area contributed by atoms with E-state index in [2.05, 4.69) is 38.3 Å². The standard InChI is InChI=1S/C13H12BrN4/c14-12-6-7-18(17-12,11-2-1-3-11)13-5-4-10(8-15)9-16-13/h4-7,9,11H,1-3H2/q+1. The molecule has 1 aliphatic heterocycles. The van der Waals surface area contributed by atoms with Gasteiger partial charge >= 0.3 is 0 Å². The number of nitriles is 1. The van der Waals surface area contributed by atoms with Crippen LogP contribution < -0.4 is 4.59 Å². The molecule has 1 saturated carbocycles. The molecule has 0 radical (unpaired) electrons. The van der Waals surface area contributed by atoms with E-state index in [1.165, 1.54) is 6.42 Å². The molecular weight excluding hydrogens is 292 g/mol. The second-order valence-electron chi connectivity index (χ2n) is 4.58. The third kappa shape index (κ3) is 1.69. The molecule has 1 aliphatic carbocycles. The Kier molecular flexibility index (Phi) is 2.77. The summed E-state index contributed by atoms with van der Waals surface area (Å²) >= 11 is 3.43. The molecule has 0 saturated heterocycles. The first kappa shape index (κ1) is 11.6. The van der Waals surface area contributed by atoms with E-state index in [1.807, 2.05) is 12.1 Å². The highest BCUT2D eigenvalue weighted by atomic mass is 79.9. The quantitative estimate of drug-likeness (QED) is 0.788. The van der Waals surface area contributed by atoms with Crippen molar-refractivity contribution in [3.8, 4) is 6.07 Å². The average molecular weight is 304 g/mol. The SMILES string of the molecule is N#Cc1ccc([N+]2(C3CCC3)C=CC(Br)=N2)nc1. The van der Waals surface area contributed by atoms with Gasteiger partial charge in [0.15, 0.2) is 4.62 Å². The van der Waals surface area contributed by atoms with Gasteiger partial charge < -0.3 is 0 Å². The minimum absolute atomic E-state index is 0.437. The lowest BCUT2D eigenvalue weighted by molar-refractivity contribution is 0.191. The van der Waals surface area contributed by atoms with Crippen LogP contribution >= 0.6 is 15.9 Å². The maximum atomic E-state index is 8.82. The van der Waals surface area contributed by atoms with Crippen LogP contribution in [0, 0.1) is 11.3 Å². The Morgan fingerprint density at radius 3 is 2.67 bits per heavy atom. The number of pyridine rings is 1. The zero-order valence-corrected chi connectivity index (χ0v) is 11.3. The van der Waals surface area contributed by atoms with E-state index < -0.39 is 0 Å². The van der Waals surface area contributed by atoms with E-state index in [-0.39, 0.29) is 0 Å². The van der Waals surface area contributed by atoms with Gasteiger partial charge in [-0.25, -0.2) is 4.98 Å². The monoisotopic (exact) mass is 303 g/mol. The largest absolute Gasteiger partial charge is 0.259 e. The average Bonchev–Trinajstić information content (AvgIpc) is 2.70. The van der Waals surface area contributed by atoms with Crippen LogP contribution in [0.3, 0.4) is 0 Å². The van der Waals surface area contributed by atoms with Crippen LogP contribution in [0.5, 0.6) is 0 Å². The van der Waals surface area contributed by atoms with Gasteiger partial charge in [-0.05, 0) is 28.4 Å². The topological polar surface area (TPSA) is 49.0 Å². The fourth-order valence-corrected chi connectivity index (χ4v) is 2.74. The van der Waals surface area contributed by atoms with Crippen molar-refractivity contribution in [1.82, 2.24) is 9.58 Å². The molecule has 90 valence electrons. The highest BCUT2D eigenvalue weighted by Crippen LogP contribution is 2.39. The third-order valence-electron chi connectivity index (χ3n) is 3.58. The van der Waals surface area contributed by atoms with Gasteiger partial charge in [-0.1, -0.05) is 5.10 Å². The Morgan fingerprint density at radius 1 is 1.39 bits per heavy atom. The summed E-state index contributed by atoms with van der Waals surface area (Å²) < 4.78 is 1.28. The summed E-state index contributed by atoms with van der Waals surface area (Å²) in [6.45, 7) is 0. The van der Waals surface area contributed by atoms with Crippen LogP contribution in [-0.4, -0.2) is 15.6 Å². The summed E-state index contributed by atoms with van der Waals surface area (Å²) in [5.41, 5.74) is 0.580. The number of halogens is 1. The van der Waals surface area contributed by atoms with Crippen LogP contribution in [0.15, 0.2) is 35.7 Å². The molecule has 1 atom stereocenters. The molecule has 4 nitrogen and oxygen atoms in total. The van der Waals surface area contributed by atoms with Gasteiger partial charge in [-0.2, -0.15) is 5.26 Å². The summed E-state index contributed by atoms with van der Waals surface area (Å²) in [6.07, 6.45) is 9.23. The van der Waals surface area contributed by atoms with Gasteiger partial charge in [0.1, 0.15) is 18.3 Å². The van der Waals surface area contributed by atoms with Crippen molar-refractivity contribution >= 4 is 26.4 Å². The first-order chi connectivity index (χ1) is 8.74. The van der Waals surface area contributed by atoms with E-state index in [0.717, 1.165) is 23.3 Å². The van der Waals surface area contributed by atoms with E-state index in [1.54, 1.807) is 12.3 Å². The first-order valence-electron chi connectivity index (χ1n) is 5.95. The molecule has 2 heterocycles. The van der Waals surface area contributed by atoms with E-state index in [4.69, 9.17) is 5.26 Å². The lowest BCUT2D eigenvalue weighted by Gasteiger charge is -2.37. The van der Waals surface area contributed by atoms with Crippen molar-refractivity contribution in [3.05, 3.63) is 36.2 Å². The second kappa shape index (κ2) is 4.30. The van der Waals surface area contributed by atoms with Crippen molar-refractivity contribution in [2.45, 2.75) is 25.3 Å². The van der Waals surface area contributed by atoms with Crippen LogP contribution in [0.1, 0.15) is 24.8 Å². The molecule has 1 unspecified atom stereocenters. The molecule has 1 aromatic heterocycles. The second-order valence-corrected chi connectivity index (χ2v) is 5.39. The molecule has 0 N–H and O–H groups in total. The van der Waals surface area contributed by atoms with Crippen LogP contribution in [0.4, 0.5) is 5.82 Å². The Hall–Kier alpha value is -1.51. The zero-order chi connectivity index (χ0) is 12.6. The minimum Gasteiger partial charge on any atom is -0.201 e. The number of quaternary nitrogens is 1. The Balaban J connectivity index is 2.04. The molecule has 1 fully saturated rings. The van der Waals surface area contributed by atoms with Crippen molar-refractivity contribution in [2.75, 3.05) is 0 Å². The van der Waals surface area contributed by atoms with Gasteiger partial charge in [-0.3, -0.25) is 0 Å². The molecule has 2 aliphatic rings. The molecule has 0 amide bonds. The summed E-state index contributed by atoms with van der Waals surface area (Å²) in [5.74, 6) is 0.879. The van der Waals surface area contributed by atoms with E-state index >= 15 is 0 Å². The van der Waals surface area contributed by atoms with Gasteiger partial charge in [-0.15, -0.1) is 4.59 Å². The normalized spacial score (nSPS) is 26.6. The number of allylic oxidation sites excluding steroid dienone is 1. The molecule has 0 spiro atoms. The molecule has 1 aromatic rings. The third-order valence-corrected chi connectivity index (χ3v) is 4.00. The number of hydrogen-bond donors (Lipinski definition) is 0.